The molecule has 3 rings (SSSR count). The lowest BCUT2D eigenvalue weighted by Gasteiger charge is -2.13. The van der Waals surface area contributed by atoms with E-state index in [2.05, 4.69) is 21.2 Å². The van der Waals surface area contributed by atoms with Gasteiger partial charge in [0.1, 0.15) is 11.8 Å². The number of carbonyl (C=O) groups is 2. The molecule has 7 nitrogen and oxygen atoms in total. The number of nitrogens with zero attached hydrogens (tertiary/aromatic N) is 1. The van der Waals surface area contributed by atoms with Crippen molar-refractivity contribution in [2.75, 3.05) is 0 Å². The van der Waals surface area contributed by atoms with Crippen molar-refractivity contribution in [3.05, 3.63) is 54.0 Å². The van der Waals surface area contributed by atoms with Crippen molar-refractivity contribution in [1.82, 2.24) is 21.2 Å². The van der Waals surface area contributed by atoms with E-state index in [0.717, 1.165) is 0 Å². The van der Waals surface area contributed by atoms with Crippen LogP contribution in [0.2, 0.25) is 0 Å². The number of hydrazine groups is 1. The molecule has 0 bridgehead atoms. The van der Waals surface area contributed by atoms with Gasteiger partial charge in [0, 0.05) is 18.3 Å². The van der Waals surface area contributed by atoms with E-state index in [1.54, 1.807) is 24.3 Å². The van der Waals surface area contributed by atoms with Crippen LogP contribution in [0.15, 0.2) is 42.6 Å². The summed E-state index contributed by atoms with van der Waals surface area (Å²) in [4.78, 5) is 27.7. The van der Waals surface area contributed by atoms with E-state index in [4.69, 9.17) is 4.74 Å². The van der Waals surface area contributed by atoms with Crippen molar-refractivity contribution in [2.24, 2.45) is 0 Å². The lowest BCUT2D eigenvalue weighted by molar-refractivity contribution is -0.123. The zero-order valence-electron chi connectivity index (χ0n) is 14.2. The van der Waals surface area contributed by atoms with E-state index in [9.17, 15) is 14.0 Å². The Bertz CT molecular complexity index is 815. The molecule has 3 N–H and O–H groups in total. The number of pyridine rings is 1. The Kier molecular flexibility index (Phi) is 5.55. The number of para-hydroxylation sites is 1. The first-order valence-corrected chi connectivity index (χ1v) is 8.20. The normalized spacial score (nSPS) is 19.2. The van der Waals surface area contributed by atoms with Gasteiger partial charge in [0.15, 0.2) is 11.6 Å². The van der Waals surface area contributed by atoms with Crippen LogP contribution in [0.25, 0.3) is 0 Å². The number of nitrogens with one attached hydrogen (secondary N) is 3. The average molecular weight is 358 g/mol. The monoisotopic (exact) mass is 358 g/mol. The van der Waals surface area contributed by atoms with E-state index in [1.165, 1.54) is 25.3 Å². The number of hydrogen-bond donors (Lipinski definition) is 3. The quantitative estimate of drug-likeness (QED) is 0.724. The summed E-state index contributed by atoms with van der Waals surface area (Å²) in [5.74, 6) is -0.492. The lowest BCUT2D eigenvalue weighted by Crippen LogP contribution is -2.43. The van der Waals surface area contributed by atoms with Crippen molar-refractivity contribution in [3.8, 4) is 11.6 Å². The van der Waals surface area contributed by atoms with Gasteiger partial charge in [-0.05, 0) is 31.5 Å². The fraction of sp³-hybridized carbons (Fsp3) is 0.278. The summed E-state index contributed by atoms with van der Waals surface area (Å²) in [5.41, 5.74) is 6.21. The maximum atomic E-state index is 13.8. The van der Waals surface area contributed by atoms with Crippen LogP contribution in [0.1, 0.15) is 18.9 Å². The number of rotatable bonds is 6. The second kappa shape index (κ2) is 8.03. The molecule has 2 unspecified atom stereocenters. The first-order valence-electron chi connectivity index (χ1n) is 8.20. The second-order valence-corrected chi connectivity index (χ2v) is 5.96. The Morgan fingerprint density at radius 2 is 2.00 bits per heavy atom. The van der Waals surface area contributed by atoms with E-state index in [1.807, 2.05) is 0 Å². The molecule has 1 aliphatic heterocycles. The molecule has 1 saturated heterocycles. The Balaban J connectivity index is 1.63. The molecule has 2 atom stereocenters. The van der Waals surface area contributed by atoms with Crippen LogP contribution >= 0.6 is 0 Å². The van der Waals surface area contributed by atoms with Crippen LogP contribution < -0.4 is 20.9 Å². The van der Waals surface area contributed by atoms with Gasteiger partial charge in [0.05, 0.1) is 6.04 Å². The van der Waals surface area contributed by atoms with E-state index in [-0.39, 0.29) is 35.9 Å². The van der Waals surface area contributed by atoms with Crippen LogP contribution in [0.5, 0.6) is 11.6 Å². The van der Waals surface area contributed by atoms with Gasteiger partial charge in [-0.15, -0.1) is 0 Å². The van der Waals surface area contributed by atoms with Crippen LogP contribution in [-0.4, -0.2) is 28.8 Å². The first-order chi connectivity index (χ1) is 12.5. The first kappa shape index (κ1) is 18.0. The van der Waals surface area contributed by atoms with E-state index in [0.29, 0.717) is 12.0 Å². The smallest absolute Gasteiger partial charge is 0.238 e. The Hall–Kier alpha value is -2.84. The average Bonchev–Trinajstić information content (AvgIpc) is 3.13. The predicted molar refractivity (Wildman–Crippen MR) is 91.7 cm³/mol. The van der Waals surface area contributed by atoms with Crippen LogP contribution in [0, 0.1) is 5.82 Å². The van der Waals surface area contributed by atoms with Crippen LogP contribution in [-0.2, 0) is 16.1 Å². The molecule has 0 saturated carbocycles. The number of halogens is 1. The van der Waals surface area contributed by atoms with Gasteiger partial charge in [-0.1, -0.05) is 18.2 Å². The number of ketones is 1. The fourth-order valence-electron chi connectivity index (χ4n) is 2.58. The third kappa shape index (κ3) is 4.22. The summed E-state index contributed by atoms with van der Waals surface area (Å²) in [6.45, 7) is 1.64. The van der Waals surface area contributed by atoms with Gasteiger partial charge in [-0.25, -0.2) is 20.2 Å². The number of benzene rings is 1. The van der Waals surface area contributed by atoms with Gasteiger partial charge in [-0.2, -0.15) is 0 Å². The standard InChI is InChI=1S/C18H19FN4O3/c1-11(24)14-9-15(23-22-14)17(25)21-10-12-5-4-8-20-18(12)26-16-7-3-2-6-13(16)19/h2-8,14-15,22-23H,9-10H2,1H3,(H,21,25). The van der Waals surface area contributed by atoms with Gasteiger partial charge >= 0.3 is 0 Å². The molecule has 8 heteroatoms. The van der Waals surface area contributed by atoms with Gasteiger partial charge < -0.3 is 10.1 Å². The largest absolute Gasteiger partial charge is 0.436 e. The molecule has 26 heavy (non-hydrogen) atoms. The van der Waals surface area contributed by atoms with E-state index < -0.39 is 11.9 Å². The molecule has 1 aliphatic rings. The molecule has 0 aliphatic carbocycles. The maximum absolute atomic E-state index is 13.8. The molecule has 1 fully saturated rings. The molecule has 1 amide bonds. The second-order valence-electron chi connectivity index (χ2n) is 5.96. The van der Waals surface area contributed by atoms with Crippen LogP contribution in [0.4, 0.5) is 4.39 Å². The Labute approximate surface area is 149 Å². The molecule has 0 radical (unpaired) electrons. The van der Waals surface area contributed by atoms with Gasteiger partial charge in [0.2, 0.25) is 11.8 Å². The summed E-state index contributed by atoms with van der Waals surface area (Å²) in [5, 5.41) is 2.77. The van der Waals surface area contributed by atoms with E-state index >= 15 is 0 Å². The highest BCUT2D eigenvalue weighted by atomic mass is 19.1. The van der Waals surface area contributed by atoms with Gasteiger partial charge in [-0.3, -0.25) is 9.59 Å². The molecule has 1 aromatic carbocycles. The minimum Gasteiger partial charge on any atom is -0.436 e. The number of hydrogen-bond acceptors (Lipinski definition) is 6. The molecule has 136 valence electrons. The Morgan fingerprint density at radius 1 is 1.23 bits per heavy atom. The Morgan fingerprint density at radius 3 is 2.73 bits per heavy atom. The summed E-state index contributed by atoms with van der Waals surface area (Å²) in [6, 6.07) is 8.59. The van der Waals surface area contributed by atoms with Gasteiger partial charge in [0.25, 0.3) is 0 Å². The zero-order chi connectivity index (χ0) is 18.5. The van der Waals surface area contributed by atoms with Crippen molar-refractivity contribution in [1.29, 1.82) is 0 Å². The topological polar surface area (TPSA) is 92.4 Å². The van der Waals surface area contributed by atoms with Crippen LogP contribution in [0.3, 0.4) is 0 Å². The molecular formula is C18H19FN4O3. The third-order valence-corrected chi connectivity index (χ3v) is 4.06. The fourth-order valence-corrected chi connectivity index (χ4v) is 2.58. The number of amides is 1. The zero-order valence-corrected chi connectivity index (χ0v) is 14.2. The molecule has 2 aromatic rings. The summed E-state index contributed by atoms with van der Waals surface area (Å²) in [7, 11) is 0. The number of carbonyl (C=O) groups excluding carboxylic acids is 2. The van der Waals surface area contributed by atoms with Crippen molar-refractivity contribution in [3.63, 3.8) is 0 Å². The highest BCUT2D eigenvalue weighted by Crippen LogP contribution is 2.25. The molecule has 2 heterocycles. The highest BCUT2D eigenvalue weighted by Gasteiger charge is 2.31. The summed E-state index contributed by atoms with van der Waals surface area (Å²) >= 11 is 0. The SMILES string of the molecule is CC(=O)C1CC(C(=O)NCc2cccnc2Oc2ccccc2F)NN1. The highest BCUT2D eigenvalue weighted by molar-refractivity contribution is 5.86. The minimum atomic E-state index is -0.503. The van der Waals surface area contributed by atoms with Crippen molar-refractivity contribution in [2.45, 2.75) is 32.0 Å². The third-order valence-electron chi connectivity index (χ3n) is 4.06. The summed E-state index contributed by atoms with van der Waals surface area (Å²) in [6.07, 6.45) is 1.91. The number of Topliss-reactive ketones (excluding diaryl/α,β-unsaturated/α-hetero) is 1. The minimum absolute atomic E-state index is 0.0272. The van der Waals surface area contributed by atoms with Crippen molar-refractivity contribution >= 4 is 11.7 Å². The van der Waals surface area contributed by atoms with Crippen molar-refractivity contribution < 1.29 is 18.7 Å². The number of aromatic nitrogens is 1. The molecule has 0 spiro atoms. The predicted octanol–water partition coefficient (Wildman–Crippen LogP) is 1.45. The molecule has 1 aromatic heterocycles. The maximum Gasteiger partial charge on any atom is 0.238 e. The lowest BCUT2D eigenvalue weighted by atomic mass is 10.1. The molecular weight excluding hydrogens is 339 g/mol. The summed E-state index contributed by atoms with van der Waals surface area (Å²) < 4.78 is 19.3. The number of ether oxygens (including phenoxy) is 1.